The second kappa shape index (κ2) is 4.95. The maximum absolute atomic E-state index is 14.5. The number of nitrogens with one attached hydrogen (secondary N) is 1. The first-order valence-electron chi connectivity index (χ1n) is 7.03. The molecule has 1 aliphatic carbocycles. The normalized spacial score (nSPS) is 17.6. The van der Waals surface area contributed by atoms with Crippen molar-refractivity contribution >= 4 is 22.5 Å². The maximum Gasteiger partial charge on any atom is 0.248 e. The zero-order valence-electron chi connectivity index (χ0n) is 11.7. The minimum Gasteiger partial charge on any atom is -0.347 e. The lowest BCUT2D eigenvalue weighted by atomic mass is 9.81. The SMILES string of the molecule is Fc1c(Cl)cc2ccn(CC3CC(F)(F)C3)c2c1-c1nn[nH]n1. The molecule has 1 fully saturated rings. The Morgan fingerprint density at radius 3 is 2.83 bits per heavy atom. The number of aromatic amines is 1. The van der Waals surface area contributed by atoms with Crippen LogP contribution in [0.4, 0.5) is 13.2 Å². The van der Waals surface area contributed by atoms with E-state index in [1.807, 2.05) is 0 Å². The molecule has 0 aliphatic heterocycles. The van der Waals surface area contributed by atoms with Crippen LogP contribution in [0.25, 0.3) is 22.3 Å². The molecule has 0 radical (unpaired) electrons. The minimum absolute atomic E-state index is 0.0507. The van der Waals surface area contributed by atoms with Gasteiger partial charge in [-0.3, -0.25) is 0 Å². The molecule has 3 aromatic rings. The van der Waals surface area contributed by atoms with E-state index in [0.717, 1.165) is 0 Å². The third kappa shape index (κ3) is 2.37. The third-order valence-electron chi connectivity index (χ3n) is 4.14. The van der Waals surface area contributed by atoms with E-state index >= 15 is 0 Å². The zero-order valence-corrected chi connectivity index (χ0v) is 12.5. The van der Waals surface area contributed by atoms with Crippen LogP contribution in [0.15, 0.2) is 18.3 Å². The van der Waals surface area contributed by atoms with Crippen molar-refractivity contribution in [3.63, 3.8) is 0 Å². The lowest BCUT2D eigenvalue weighted by Crippen LogP contribution is -2.37. The average Bonchev–Trinajstić information content (AvgIpc) is 3.09. The van der Waals surface area contributed by atoms with Gasteiger partial charge in [0.2, 0.25) is 11.7 Å². The quantitative estimate of drug-likeness (QED) is 0.791. The van der Waals surface area contributed by atoms with Crippen LogP contribution in [0.2, 0.25) is 5.02 Å². The van der Waals surface area contributed by atoms with Crippen molar-refractivity contribution in [2.75, 3.05) is 0 Å². The van der Waals surface area contributed by atoms with E-state index in [1.54, 1.807) is 16.8 Å². The van der Waals surface area contributed by atoms with E-state index < -0.39 is 11.7 Å². The summed E-state index contributed by atoms with van der Waals surface area (Å²) in [5, 5.41) is 14.0. The predicted molar refractivity (Wildman–Crippen MR) is 77.7 cm³/mol. The third-order valence-corrected chi connectivity index (χ3v) is 4.42. The Morgan fingerprint density at radius 2 is 2.17 bits per heavy atom. The fourth-order valence-corrected chi connectivity index (χ4v) is 3.35. The fraction of sp³-hybridized carbons (Fsp3) is 0.357. The molecular formula is C14H11ClF3N5. The number of aromatic nitrogens is 5. The highest BCUT2D eigenvalue weighted by Gasteiger charge is 2.45. The van der Waals surface area contributed by atoms with Crippen LogP contribution in [0.5, 0.6) is 0 Å². The first-order chi connectivity index (χ1) is 10.9. The van der Waals surface area contributed by atoms with Gasteiger partial charge in [-0.2, -0.15) is 5.21 Å². The van der Waals surface area contributed by atoms with E-state index in [1.165, 1.54) is 6.07 Å². The van der Waals surface area contributed by atoms with Gasteiger partial charge >= 0.3 is 0 Å². The molecule has 1 saturated carbocycles. The molecule has 2 heterocycles. The van der Waals surface area contributed by atoms with Crippen LogP contribution >= 0.6 is 11.6 Å². The van der Waals surface area contributed by atoms with Crippen molar-refractivity contribution in [3.8, 4) is 11.4 Å². The highest BCUT2D eigenvalue weighted by Crippen LogP contribution is 2.44. The Kier molecular flexibility index (Phi) is 3.12. The van der Waals surface area contributed by atoms with Gasteiger partial charge in [-0.15, -0.1) is 10.2 Å². The van der Waals surface area contributed by atoms with Crippen LogP contribution in [-0.4, -0.2) is 31.1 Å². The standard InChI is InChI=1S/C14H11ClF3N5/c15-9-3-8-1-2-23(6-7-4-14(17,18)5-7)12(8)10(11(9)16)13-19-21-22-20-13/h1-3,7H,4-6H2,(H,19,20,21,22). The number of rotatable bonds is 3. The van der Waals surface area contributed by atoms with Gasteiger partial charge in [0.15, 0.2) is 5.82 Å². The molecule has 120 valence electrons. The van der Waals surface area contributed by atoms with E-state index in [-0.39, 0.29) is 35.2 Å². The number of nitrogens with zero attached hydrogens (tertiary/aromatic N) is 4. The second-order valence-electron chi connectivity index (χ2n) is 5.82. The van der Waals surface area contributed by atoms with Crippen molar-refractivity contribution in [1.82, 2.24) is 25.2 Å². The molecular weight excluding hydrogens is 331 g/mol. The number of fused-ring (bicyclic) bond motifs is 1. The van der Waals surface area contributed by atoms with Gasteiger partial charge in [-0.25, -0.2) is 13.2 Å². The molecule has 5 nitrogen and oxygen atoms in total. The summed E-state index contributed by atoms with van der Waals surface area (Å²) >= 11 is 5.93. The van der Waals surface area contributed by atoms with Gasteiger partial charge in [0, 0.05) is 31.0 Å². The Bertz CT molecular complexity index is 866. The molecule has 1 N–H and O–H groups in total. The number of halogens is 4. The van der Waals surface area contributed by atoms with Crippen LogP contribution in [0, 0.1) is 11.7 Å². The highest BCUT2D eigenvalue weighted by atomic mass is 35.5. The van der Waals surface area contributed by atoms with Gasteiger partial charge in [0.05, 0.1) is 16.1 Å². The molecule has 0 bridgehead atoms. The summed E-state index contributed by atoms with van der Waals surface area (Å²) < 4.78 is 42.3. The molecule has 0 saturated heterocycles. The summed E-state index contributed by atoms with van der Waals surface area (Å²) in [6, 6.07) is 3.27. The highest BCUT2D eigenvalue weighted by molar-refractivity contribution is 6.32. The molecule has 0 spiro atoms. The van der Waals surface area contributed by atoms with Crippen LogP contribution in [-0.2, 0) is 6.54 Å². The van der Waals surface area contributed by atoms with Gasteiger partial charge in [-0.05, 0) is 23.3 Å². The van der Waals surface area contributed by atoms with Gasteiger partial charge < -0.3 is 4.57 Å². The second-order valence-corrected chi connectivity index (χ2v) is 6.23. The van der Waals surface area contributed by atoms with Crippen LogP contribution in [0.3, 0.4) is 0 Å². The number of tetrazole rings is 1. The van der Waals surface area contributed by atoms with Crippen molar-refractivity contribution in [3.05, 3.63) is 29.2 Å². The van der Waals surface area contributed by atoms with E-state index in [9.17, 15) is 13.2 Å². The Balaban J connectivity index is 1.82. The Labute approximate surface area is 133 Å². The number of H-pyrrole nitrogens is 1. The summed E-state index contributed by atoms with van der Waals surface area (Å²) in [5.41, 5.74) is 0.654. The number of benzene rings is 1. The van der Waals surface area contributed by atoms with Crippen LogP contribution < -0.4 is 0 Å². The monoisotopic (exact) mass is 341 g/mol. The van der Waals surface area contributed by atoms with Gasteiger partial charge in [0.25, 0.3) is 0 Å². The summed E-state index contributed by atoms with van der Waals surface area (Å²) in [6.45, 7) is 0.380. The largest absolute Gasteiger partial charge is 0.347 e. The van der Waals surface area contributed by atoms with Crippen molar-refractivity contribution in [2.24, 2.45) is 5.92 Å². The molecule has 2 aromatic heterocycles. The number of hydrogen-bond acceptors (Lipinski definition) is 3. The van der Waals surface area contributed by atoms with Gasteiger partial charge in [-0.1, -0.05) is 11.6 Å². The number of alkyl halides is 2. The molecule has 1 aromatic carbocycles. The fourth-order valence-electron chi connectivity index (χ4n) is 3.13. The molecule has 1 aliphatic rings. The van der Waals surface area contributed by atoms with Crippen molar-refractivity contribution in [1.29, 1.82) is 0 Å². The lowest BCUT2D eigenvalue weighted by Gasteiger charge is -2.35. The molecule has 0 atom stereocenters. The first kappa shape index (κ1) is 14.5. The van der Waals surface area contributed by atoms with Crippen molar-refractivity contribution < 1.29 is 13.2 Å². The zero-order chi connectivity index (χ0) is 16.2. The summed E-state index contributed by atoms with van der Waals surface area (Å²) in [5.74, 6) is -3.30. The number of hydrogen-bond donors (Lipinski definition) is 1. The van der Waals surface area contributed by atoms with Gasteiger partial charge in [0.1, 0.15) is 0 Å². The molecule has 23 heavy (non-hydrogen) atoms. The smallest absolute Gasteiger partial charge is 0.248 e. The van der Waals surface area contributed by atoms with Crippen LogP contribution in [0.1, 0.15) is 12.8 Å². The molecule has 9 heteroatoms. The summed E-state index contributed by atoms with van der Waals surface area (Å²) in [7, 11) is 0. The minimum atomic E-state index is -2.58. The topological polar surface area (TPSA) is 59.4 Å². The molecule has 0 unspecified atom stereocenters. The molecule has 0 amide bonds. The van der Waals surface area contributed by atoms with E-state index in [0.29, 0.717) is 17.4 Å². The van der Waals surface area contributed by atoms with E-state index in [4.69, 9.17) is 11.6 Å². The Hall–Kier alpha value is -2.09. The summed E-state index contributed by atoms with van der Waals surface area (Å²) in [6.07, 6.45) is 1.43. The van der Waals surface area contributed by atoms with E-state index in [2.05, 4.69) is 20.6 Å². The lowest BCUT2D eigenvalue weighted by molar-refractivity contribution is -0.113. The Morgan fingerprint density at radius 1 is 1.39 bits per heavy atom. The maximum atomic E-state index is 14.5. The first-order valence-corrected chi connectivity index (χ1v) is 7.41. The average molecular weight is 342 g/mol. The predicted octanol–water partition coefficient (Wildman–Crippen LogP) is 3.66. The summed E-state index contributed by atoms with van der Waals surface area (Å²) in [4.78, 5) is 0. The molecule has 4 rings (SSSR count). The van der Waals surface area contributed by atoms with Crippen molar-refractivity contribution in [2.45, 2.75) is 25.3 Å².